The number of fused-ring (bicyclic) bond motifs is 1. The third-order valence-corrected chi connectivity index (χ3v) is 1.94. The summed E-state index contributed by atoms with van der Waals surface area (Å²) in [4.78, 5) is 14.6. The molecule has 0 atom stereocenters. The average molecular weight is 188 g/mol. The van der Waals surface area contributed by atoms with Crippen LogP contribution in [0.15, 0.2) is 30.3 Å². The summed E-state index contributed by atoms with van der Waals surface area (Å²) in [6, 6.07) is 8.40. The summed E-state index contributed by atoms with van der Waals surface area (Å²) in [5.41, 5.74) is 6.77. The molecule has 4 heteroatoms. The average Bonchev–Trinajstić information content (AvgIpc) is 2.16. The van der Waals surface area contributed by atoms with Crippen molar-refractivity contribution in [3.63, 3.8) is 0 Å². The number of carbonyl (C=O) groups is 1. The van der Waals surface area contributed by atoms with Crippen LogP contribution in [0.5, 0.6) is 0 Å². The molecule has 0 aliphatic heterocycles. The number of hydrogen-bond donors (Lipinski definition) is 2. The number of nitrogen functional groups attached to an aromatic ring is 1. The molecule has 14 heavy (non-hydrogen) atoms. The fourth-order valence-electron chi connectivity index (χ4n) is 1.25. The maximum atomic E-state index is 10.6. The van der Waals surface area contributed by atoms with E-state index in [1.54, 1.807) is 18.2 Å². The fourth-order valence-corrected chi connectivity index (χ4v) is 1.25. The third kappa shape index (κ3) is 1.37. The van der Waals surface area contributed by atoms with E-state index in [-0.39, 0.29) is 5.69 Å². The number of pyridine rings is 1. The van der Waals surface area contributed by atoms with E-state index in [4.69, 9.17) is 10.8 Å². The maximum absolute atomic E-state index is 10.6. The van der Waals surface area contributed by atoms with Gasteiger partial charge in [0.2, 0.25) is 0 Å². The van der Waals surface area contributed by atoms with E-state index in [1.807, 2.05) is 6.07 Å². The van der Waals surface area contributed by atoms with E-state index in [0.29, 0.717) is 11.2 Å². The van der Waals surface area contributed by atoms with Gasteiger partial charge in [-0.05, 0) is 18.2 Å². The smallest absolute Gasteiger partial charge is 0.354 e. The van der Waals surface area contributed by atoms with E-state index >= 15 is 0 Å². The SMILES string of the molecule is Nc1ccc2ccc(C(=O)O)nc2c1. The van der Waals surface area contributed by atoms with E-state index < -0.39 is 5.97 Å². The molecule has 0 aliphatic carbocycles. The van der Waals surface area contributed by atoms with Crippen LogP contribution in [-0.2, 0) is 0 Å². The molecular formula is C10H8N2O2. The zero-order valence-corrected chi connectivity index (χ0v) is 7.27. The highest BCUT2D eigenvalue weighted by Crippen LogP contribution is 2.15. The number of carboxylic acids is 1. The first-order valence-electron chi connectivity index (χ1n) is 4.06. The second-order valence-corrected chi connectivity index (χ2v) is 2.95. The third-order valence-electron chi connectivity index (χ3n) is 1.94. The summed E-state index contributed by atoms with van der Waals surface area (Å²) in [5.74, 6) is -1.03. The standard InChI is InChI=1S/C10H8N2O2/c11-7-3-1-6-2-4-8(10(13)14)12-9(6)5-7/h1-5H,11H2,(H,13,14). The molecule has 0 radical (unpaired) electrons. The lowest BCUT2D eigenvalue weighted by molar-refractivity contribution is 0.0691. The molecule has 0 bridgehead atoms. The first-order valence-corrected chi connectivity index (χ1v) is 4.06. The number of hydrogen-bond acceptors (Lipinski definition) is 3. The summed E-state index contributed by atoms with van der Waals surface area (Å²) in [6.07, 6.45) is 0. The van der Waals surface area contributed by atoms with E-state index in [1.165, 1.54) is 6.07 Å². The van der Waals surface area contributed by atoms with Crippen LogP contribution in [0, 0.1) is 0 Å². The lowest BCUT2D eigenvalue weighted by atomic mass is 10.2. The number of benzene rings is 1. The van der Waals surface area contributed by atoms with Gasteiger partial charge >= 0.3 is 5.97 Å². The molecule has 1 aromatic heterocycles. The van der Waals surface area contributed by atoms with Crippen molar-refractivity contribution in [2.24, 2.45) is 0 Å². The Morgan fingerprint density at radius 3 is 2.71 bits per heavy atom. The van der Waals surface area contributed by atoms with Crippen molar-refractivity contribution in [3.8, 4) is 0 Å². The van der Waals surface area contributed by atoms with Crippen LogP contribution >= 0.6 is 0 Å². The molecule has 0 amide bonds. The molecule has 70 valence electrons. The molecule has 2 rings (SSSR count). The van der Waals surface area contributed by atoms with Gasteiger partial charge in [0.1, 0.15) is 5.69 Å². The number of anilines is 1. The van der Waals surface area contributed by atoms with E-state index in [0.717, 1.165) is 5.39 Å². The Kier molecular flexibility index (Phi) is 1.81. The molecule has 0 saturated carbocycles. The number of aromatic carboxylic acids is 1. The highest BCUT2D eigenvalue weighted by Gasteiger charge is 2.04. The van der Waals surface area contributed by atoms with Crippen molar-refractivity contribution >= 4 is 22.6 Å². The molecule has 0 saturated heterocycles. The number of aromatic nitrogens is 1. The van der Waals surface area contributed by atoms with Gasteiger partial charge in [0, 0.05) is 11.1 Å². The predicted molar refractivity (Wildman–Crippen MR) is 53.1 cm³/mol. The Morgan fingerprint density at radius 1 is 1.29 bits per heavy atom. The van der Waals surface area contributed by atoms with Crippen LogP contribution in [0.2, 0.25) is 0 Å². The molecule has 3 N–H and O–H groups in total. The topological polar surface area (TPSA) is 76.2 Å². The monoisotopic (exact) mass is 188 g/mol. The van der Waals surface area contributed by atoms with Crippen molar-refractivity contribution in [2.45, 2.75) is 0 Å². The molecule has 0 aliphatic rings. The van der Waals surface area contributed by atoms with Gasteiger partial charge in [0.25, 0.3) is 0 Å². The molecular weight excluding hydrogens is 180 g/mol. The van der Waals surface area contributed by atoms with Crippen molar-refractivity contribution in [1.29, 1.82) is 0 Å². The Morgan fingerprint density at radius 2 is 2.00 bits per heavy atom. The largest absolute Gasteiger partial charge is 0.477 e. The van der Waals surface area contributed by atoms with Crippen LogP contribution in [0.1, 0.15) is 10.5 Å². The Bertz CT molecular complexity index is 508. The van der Waals surface area contributed by atoms with Crippen LogP contribution in [-0.4, -0.2) is 16.1 Å². The Balaban J connectivity index is 2.69. The maximum Gasteiger partial charge on any atom is 0.354 e. The van der Waals surface area contributed by atoms with Crippen LogP contribution in [0.25, 0.3) is 10.9 Å². The first-order chi connectivity index (χ1) is 6.66. The normalized spacial score (nSPS) is 10.3. The Labute approximate surface area is 80.0 Å². The molecule has 2 aromatic rings. The number of rotatable bonds is 1. The molecule has 0 spiro atoms. The van der Waals surface area contributed by atoms with Crippen LogP contribution < -0.4 is 5.73 Å². The fraction of sp³-hybridized carbons (Fsp3) is 0. The van der Waals surface area contributed by atoms with Gasteiger partial charge in [-0.25, -0.2) is 9.78 Å². The molecule has 4 nitrogen and oxygen atoms in total. The van der Waals surface area contributed by atoms with Gasteiger partial charge in [-0.3, -0.25) is 0 Å². The summed E-state index contributed by atoms with van der Waals surface area (Å²) in [6.45, 7) is 0. The lowest BCUT2D eigenvalue weighted by Gasteiger charge is -1.99. The number of nitrogens with two attached hydrogens (primary N) is 1. The van der Waals surface area contributed by atoms with Crippen molar-refractivity contribution in [2.75, 3.05) is 5.73 Å². The summed E-state index contributed by atoms with van der Waals surface area (Å²) in [5, 5.41) is 9.60. The van der Waals surface area contributed by atoms with Gasteiger partial charge < -0.3 is 10.8 Å². The zero-order chi connectivity index (χ0) is 10.1. The molecule has 1 aromatic carbocycles. The van der Waals surface area contributed by atoms with Gasteiger partial charge in [0.15, 0.2) is 0 Å². The van der Waals surface area contributed by atoms with Gasteiger partial charge in [0.05, 0.1) is 5.52 Å². The van der Waals surface area contributed by atoms with Crippen molar-refractivity contribution in [1.82, 2.24) is 4.98 Å². The second-order valence-electron chi connectivity index (χ2n) is 2.95. The van der Waals surface area contributed by atoms with E-state index in [9.17, 15) is 4.79 Å². The number of carboxylic acid groups (broad SMARTS) is 1. The highest BCUT2D eigenvalue weighted by atomic mass is 16.4. The minimum Gasteiger partial charge on any atom is -0.477 e. The van der Waals surface area contributed by atoms with Crippen molar-refractivity contribution in [3.05, 3.63) is 36.0 Å². The Hall–Kier alpha value is -2.10. The van der Waals surface area contributed by atoms with Crippen molar-refractivity contribution < 1.29 is 9.90 Å². The number of nitrogens with zero attached hydrogens (tertiary/aromatic N) is 1. The molecule has 1 heterocycles. The zero-order valence-electron chi connectivity index (χ0n) is 7.27. The minimum absolute atomic E-state index is 0.0306. The van der Waals surface area contributed by atoms with E-state index in [2.05, 4.69) is 4.98 Å². The minimum atomic E-state index is -1.03. The quantitative estimate of drug-likeness (QED) is 0.665. The van der Waals surface area contributed by atoms with Gasteiger partial charge in [-0.1, -0.05) is 12.1 Å². The molecule has 0 fully saturated rings. The summed E-state index contributed by atoms with van der Waals surface area (Å²) >= 11 is 0. The summed E-state index contributed by atoms with van der Waals surface area (Å²) in [7, 11) is 0. The summed E-state index contributed by atoms with van der Waals surface area (Å²) < 4.78 is 0. The second kappa shape index (κ2) is 2.99. The van der Waals surface area contributed by atoms with Crippen LogP contribution in [0.3, 0.4) is 0 Å². The highest BCUT2D eigenvalue weighted by molar-refractivity contribution is 5.90. The van der Waals surface area contributed by atoms with Gasteiger partial charge in [-0.15, -0.1) is 0 Å². The van der Waals surface area contributed by atoms with Gasteiger partial charge in [-0.2, -0.15) is 0 Å². The predicted octanol–water partition coefficient (Wildman–Crippen LogP) is 1.52. The molecule has 0 unspecified atom stereocenters. The lowest BCUT2D eigenvalue weighted by Crippen LogP contribution is -1.99. The first kappa shape index (κ1) is 8.50. The van der Waals surface area contributed by atoms with Crippen LogP contribution in [0.4, 0.5) is 5.69 Å².